The van der Waals surface area contributed by atoms with Crippen LogP contribution in [0.15, 0.2) is 48.3 Å². The van der Waals surface area contributed by atoms with Crippen LogP contribution in [0.25, 0.3) is 6.08 Å². The van der Waals surface area contributed by atoms with Crippen molar-refractivity contribution in [2.24, 2.45) is 0 Å². The molecule has 5 nitrogen and oxygen atoms in total. The monoisotopic (exact) mass is 300 g/mol. The maximum atomic E-state index is 12.0. The molecule has 0 atom stereocenters. The van der Waals surface area contributed by atoms with Crippen molar-refractivity contribution in [2.45, 2.75) is 6.54 Å². The number of hydrogen-bond acceptors (Lipinski definition) is 3. The lowest BCUT2D eigenvalue weighted by molar-refractivity contribution is -0.112. The first kappa shape index (κ1) is 14.8. The van der Waals surface area contributed by atoms with Gasteiger partial charge in [-0.1, -0.05) is 18.2 Å². The number of carbonyl (C=O) groups is 1. The fourth-order valence-electron chi connectivity index (χ4n) is 1.70. The van der Waals surface area contributed by atoms with Gasteiger partial charge in [0, 0.05) is 23.3 Å². The van der Waals surface area contributed by atoms with Crippen molar-refractivity contribution in [1.29, 1.82) is 5.26 Å². The third-order valence-electron chi connectivity index (χ3n) is 2.67. The molecule has 0 aliphatic heterocycles. The molecule has 0 spiro atoms. The van der Waals surface area contributed by atoms with Crippen molar-refractivity contribution in [3.63, 3.8) is 0 Å². The summed E-state index contributed by atoms with van der Waals surface area (Å²) < 4.78 is 1.66. The summed E-state index contributed by atoms with van der Waals surface area (Å²) in [6.07, 6.45) is 4.81. The van der Waals surface area contributed by atoms with Crippen molar-refractivity contribution in [3.05, 3.63) is 53.9 Å². The summed E-state index contributed by atoms with van der Waals surface area (Å²) >= 11 is 5.63. The van der Waals surface area contributed by atoms with Crippen molar-refractivity contribution >= 4 is 29.3 Å². The molecule has 21 heavy (non-hydrogen) atoms. The number of nitrogens with one attached hydrogen (secondary N) is 1. The lowest BCUT2D eigenvalue weighted by Gasteiger charge is -2.03. The van der Waals surface area contributed by atoms with Gasteiger partial charge in [-0.25, -0.2) is 0 Å². The average Bonchev–Trinajstić information content (AvgIpc) is 2.93. The van der Waals surface area contributed by atoms with Gasteiger partial charge in [0.05, 0.1) is 12.7 Å². The van der Waals surface area contributed by atoms with E-state index in [-0.39, 0.29) is 5.57 Å². The molecule has 1 heterocycles. The van der Waals surface area contributed by atoms with Gasteiger partial charge in [0.1, 0.15) is 11.6 Å². The third kappa shape index (κ3) is 4.20. The second-order valence-electron chi connectivity index (χ2n) is 4.22. The normalized spacial score (nSPS) is 11.0. The van der Waals surface area contributed by atoms with E-state index in [1.807, 2.05) is 24.3 Å². The lowest BCUT2D eigenvalue weighted by atomic mass is 10.2. The van der Waals surface area contributed by atoms with E-state index in [0.717, 1.165) is 0 Å². The van der Waals surface area contributed by atoms with Crippen LogP contribution in [0.3, 0.4) is 0 Å². The number of aryl methyl sites for hydroxylation is 1. The molecule has 106 valence electrons. The zero-order chi connectivity index (χ0) is 15.1. The molecule has 1 N–H and O–H groups in total. The van der Waals surface area contributed by atoms with Crippen LogP contribution in [0, 0.1) is 11.3 Å². The van der Waals surface area contributed by atoms with E-state index in [1.165, 1.54) is 6.08 Å². The average molecular weight is 301 g/mol. The standard InChI is InChI=1S/C15H13ClN4O/c16-6-7-20-11-12(10-18-20)8-13(9-17)15(21)19-14-4-2-1-3-5-14/h1-5,8,10-11H,6-7H2,(H,19,21). The minimum absolute atomic E-state index is 0.0178. The van der Waals surface area contributed by atoms with Gasteiger partial charge in [-0.3, -0.25) is 9.48 Å². The van der Waals surface area contributed by atoms with Gasteiger partial charge >= 0.3 is 0 Å². The molecule has 0 unspecified atom stereocenters. The molecule has 0 bridgehead atoms. The van der Waals surface area contributed by atoms with Gasteiger partial charge in [-0.05, 0) is 18.2 Å². The molecule has 0 saturated heterocycles. The first-order valence-corrected chi connectivity index (χ1v) is 6.83. The Morgan fingerprint density at radius 3 is 2.86 bits per heavy atom. The summed E-state index contributed by atoms with van der Waals surface area (Å²) in [5.41, 5.74) is 1.34. The Morgan fingerprint density at radius 1 is 1.43 bits per heavy atom. The van der Waals surface area contributed by atoms with Gasteiger partial charge < -0.3 is 5.32 Å². The number of para-hydroxylation sites is 1. The molecule has 1 aromatic heterocycles. The lowest BCUT2D eigenvalue weighted by Crippen LogP contribution is -2.13. The zero-order valence-corrected chi connectivity index (χ0v) is 11.9. The van der Waals surface area contributed by atoms with E-state index in [2.05, 4.69) is 10.4 Å². The largest absolute Gasteiger partial charge is 0.321 e. The van der Waals surface area contributed by atoms with E-state index < -0.39 is 5.91 Å². The molecule has 1 amide bonds. The Balaban J connectivity index is 2.12. The zero-order valence-electron chi connectivity index (χ0n) is 11.2. The topological polar surface area (TPSA) is 70.7 Å². The summed E-state index contributed by atoms with van der Waals surface area (Å²) in [6, 6.07) is 10.9. The van der Waals surface area contributed by atoms with E-state index in [0.29, 0.717) is 23.7 Å². The number of carbonyl (C=O) groups excluding carboxylic acids is 1. The molecule has 1 aromatic carbocycles. The molecule has 0 aliphatic carbocycles. The number of rotatable bonds is 5. The van der Waals surface area contributed by atoms with Gasteiger partial charge in [0.25, 0.3) is 5.91 Å². The summed E-state index contributed by atoms with van der Waals surface area (Å²) in [6.45, 7) is 0.577. The summed E-state index contributed by atoms with van der Waals surface area (Å²) in [7, 11) is 0. The smallest absolute Gasteiger partial charge is 0.266 e. The highest BCUT2D eigenvalue weighted by Crippen LogP contribution is 2.10. The molecule has 2 rings (SSSR count). The summed E-state index contributed by atoms with van der Waals surface area (Å²) in [5, 5.41) is 15.9. The number of halogens is 1. The van der Waals surface area contributed by atoms with Gasteiger partial charge in [-0.2, -0.15) is 10.4 Å². The molecule has 0 saturated carbocycles. The molecule has 0 aliphatic rings. The molecular formula is C15H13ClN4O. The second-order valence-corrected chi connectivity index (χ2v) is 4.59. The first-order chi connectivity index (χ1) is 10.2. The predicted octanol–water partition coefficient (Wildman–Crippen LogP) is 2.67. The highest BCUT2D eigenvalue weighted by Gasteiger charge is 2.09. The van der Waals surface area contributed by atoms with Crippen LogP contribution in [0.4, 0.5) is 5.69 Å². The number of nitrogens with zero attached hydrogens (tertiary/aromatic N) is 3. The Bertz CT molecular complexity index is 685. The fraction of sp³-hybridized carbons (Fsp3) is 0.133. The number of nitriles is 1. The molecular weight excluding hydrogens is 288 g/mol. The van der Waals surface area contributed by atoms with Crippen LogP contribution in [0.2, 0.25) is 0 Å². The van der Waals surface area contributed by atoms with E-state index in [9.17, 15) is 4.79 Å². The van der Waals surface area contributed by atoms with Crippen molar-refractivity contribution < 1.29 is 4.79 Å². The highest BCUT2D eigenvalue weighted by atomic mass is 35.5. The van der Waals surface area contributed by atoms with Crippen LogP contribution in [-0.4, -0.2) is 21.6 Å². The second kappa shape index (κ2) is 7.27. The summed E-state index contributed by atoms with van der Waals surface area (Å²) in [5.74, 6) is -0.00135. The number of benzene rings is 1. The molecule has 0 radical (unpaired) electrons. The van der Waals surface area contributed by atoms with Gasteiger partial charge in [0.15, 0.2) is 0 Å². The van der Waals surface area contributed by atoms with Gasteiger partial charge in [-0.15, -0.1) is 11.6 Å². The number of alkyl halides is 1. The van der Waals surface area contributed by atoms with Crippen molar-refractivity contribution in [1.82, 2.24) is 9.78 Å². The Labute approximate surface area is 127 Å². The first-order valence-electron chi connectivity index (χ1n) is 6.29. The Hall–Kier alpha value is -2.58. The number of amides is 1. The van der Waals surface area contributed by atoms with Gasteiger partial charge in [0.2, 0.25) is 0 Å². The van der Waals surface area contributed by atoms with Crippen LogP contribution in [0.5, 0.6) is 0 Å². The molecule has 0 fully saturated rings. The van der Waals surface area contributed by atoms with E-state index in [1.54, 1.807) is 29.2 Å². The van der Waals surface area contributed by atoms with Crippen LogP contribution in [0.1, 0.15) is 5.56 Å². The summed E-state index contributed by atoms with van der Waals surface area (Å²) in [4.78, 5) is 12.0. The molecule has 2 aromatic rings. The SMILES string of the molecule is N#CC(=Cc1cnn(CCCl)c1)C(=O)Nc1ccccc1. The van der Waals surface area contributed by atoms with Crippen LogP contribution < -0.4 is 5.32 Å². The maximum Gasteiger partial charge on any atom is 0.266 e. The minimum atomic E-state index is -0.450. The van der Waals surface area contributed by atoms with Crippen molar-refractivity contribution in [3.8, 4) is 6.07 Å². The number of anilines is 1. The number of aromatic nitrogens is 2. The van der Waals surface area contributed by atoms with Crippen molar-refractivity contribution in [2.75, 3.05) is 11.2 Å². The fourth-order valence-corrected chi connectivity index (χ4v) is 1.87. The number of hydrogen-bond donors (Lipinski definition) is 1. The van der Waals surface area contributed by atoms with Crippen LogP contribution >= 0.6 is 11.6 Å². The van der Waals surface area contributed by atoms with E-state index >= 15 is 0 Å². The third-order valence-corrected chi connectivity index (χ3v) is 2.84. The molecule has 6 heteroatoms. The minimum Gasteiger partial charge on any atom is -0.321 e. The maximum absolute atomic E-state index is 12.0. The Kier molecular flexibility index (Phi) is 5.13. The van der Waals surface area contributed by atoms with E-state index in [4.69, 9.17) is 16.9 Å². The predicted molar refractivity (Wildman–Crippen MR) is 81.6 cm³/mol. The quantitative estimate of drug-likeness (QED) is 0.524. The highest BCUT2D eigenvalue weighted by molar-refractivity contribution is 6.17. The Morgan fingerprint density at radius 2 is 2.19 bits per heavy atom. The van der Waals surface area contributed by atoms with Crippen LogP contribution in [-0.2, 0) is 11.3 Å².